The second-order valence-electron chi connectivity index (χ2n) is 8.15. The van der Waals surface area contributed by atoms with Crippen molar-refractivity contribution in [3.63, 3.8) is 0 Å². The Morgan fingerprint density at radius 2 is 1.81 bits per heavy atom. The Kier molecular flexibility index (Phi) is 7.99. The molecule has 0 radical (unpaired) electrons. The Balaban J connectivity index is 0.000000405. The fourth-order valence-corrected chi connectivity index (χ4v) is 4.44. The third kappa shape index (κ3) is 6.60. The molecule has 0 bridgehead atoms. The van der Waals surface area contributed by atoms with Gasteiger partial charge >= 0.3 is 12.1 Å². The minimum Gasteiger partial charge on any atom is -0.475 e. The molecule has 37 heavy (non-hydrogen) atoms. The molecule has 8 nitrogen and oxygen atoms in total. The first kappa shape index (κ1) is 26.0. The van der Waals surface area contributed by atoms with Crippen LogP contribution in [0.15, 0.2) is 71.7 Å². The van der Waals surface area contributed by atoms with E-state index in [4.69, 9.17) is 9.90 Å². The van der Waals surface area contributed by atoms with Crippen LogP contribution in [0.1, 0.15) is 32.7 Å². The van der Waals surface area contributed by atoms with Crippen LogP contribution in [0.25, 0.3) is 5.82 Å². The Morgan fingerprint density at radius 1 is 1.05 bits per heavy atom. The first-order chi connectivity index (χ1) is 17.7. The molecule has 0 saturated carbocycles. The van der Waals surface area contributed by atoms with E-state index in [0.29, 0.717) is 18.7 Å². The lowest BCUT2D eigenvalue weighted by Crippen LogP contribution is -2.26. The summed E-state index contributed by atoms with van der Waals surface area (Å²) >= 11 is 1.70. The van der Waals surface area contributed by atoms with E-state index >= 15 is 0 Å². The number of hydrogen-bond donors (Lipinski definition) is 2. The molecule has 0 saturated heterocycles. The van der Waals surface area contributed by atoms with Gasteiger partial charge in [0.2, 0.25) is 0 Å². The number of benzene rings is 1. The molecule has 1 aliphatic rings. The van der Waals surface area contributed by atoms with Crippen LogP contribution in [0.3, 0.4) is 0 Å². The van der Waals surface area contributed by atoms with Crippen molar-refractivity contribution in [2.75, 3.05) is 0 Å². The Labute approximate surface area is 214 Å². The first-order valence-corrected chi connectivity index (χ1v) is 12.0. The molecule has 5 rings (SSSR count). The van der Waals surface area contributed by atoms with Crippen molar-refractivity contribution in [3.8, 4) is 5.82 Å². The summed E-state index contributed by atoms with van der Waals surface area (Å²) in [7, 11) is 0. The lowest BCUT2D eigenvalue weighted by molar-refractivity contribution is -0.192. The van der Waals surface area contributed by atoms with Crippen LogP contribution < -0.4 is 5.32 Å². The van der Waals surface area contributed by atoms with Crippen LogP contribution in [0.2, 0.25) is 0 Å². The summed E-state index contributed by atoms with van der Waals surface area (Å²) < 4.78 is 33.6. The van der Waals surface area contributed by atoms with Crippen molar-refractivity contribution in [1.29, 1.82) is 0 Å². The van der Waals surface area contributed by atoms with E-state index < -0.39 is 12.1 Å². The summed E-state index contributed by atoms with van der Waals surface area (Å²) in [4.78, 5) is 28.8. The Morgan fingerprint density at radius 3 is 2.49 bits per heavy atom. The maximum absolute atomic E-state index is 13.0. The summed E-state index contributed by atoms with van der Waals surface area (Å²) in [6.45, 7) is 2.68. The predicted molar refractivity (Wildman–Crippen MR) is 130 cm³/mol. The molecule has 0 spiro atoms. The number of carboxylic acid groups (broad SMARTS) is 1. The fourth-order valence-electron chi connectivity index (χ4n) is 3.78. The molecule has 0 unspecified atom stereocenters. The third-order valence-corrected chi connectivity index (χ3v) is 6.21. The number of hydrogen-bond acceptors (Lipinski definition) is 6. The molecule has 4 aromatic rings. The van der Waals surface area contributed by atoms with Gasteiger partial charge in [0.1, 0.15) is 0 Å². The predicted octanol–water partition coefficient (Wildman–Crippen LogP) is 4.41. The van der Waals surface area contributed by atoms with E-state index in [-0.39, 0.29) is 5.91 Å². The SMILES string of the molecule is O=C(NCc1ccccc1)c1cnn2c1CN(Cc1ccsc1)Cc1cccnc1-2.O=C(O)C(F)(F)F. The maximum Gasteiger partial charge on any atom is 0.490 e. The quantitative estimate of drug-likeness (QED) is 0.397. The van der Waals surface area contributed by atoms with Crippen LogP contribution in [0.4, 0.5) is 13.2 Å². The van der Waals surface area contributed by atoms with E-state index in [2.05, 4.69) is 43.2 Å². The van der Waals surface area contributed by atoms with Crippen molar-refractivity contribution in [1.82, 2.24) is 25.0 Å². The second-order valence-corrected chi connectivity index (χ2v) is 8.93. The molecule has 0 atom stereocenters. The highest BCUT2D eigenvalue weighted by Gasteiger charge is 2.38. The normalized spacial score (nSPS) is 12.9. The summed E-state index contributed by atoms with van der Waals surface area (Å²) in [5.41, 5.74) is 4.91. The van der Waals surface area contributed by atoms with Gasteiger partial charge in [-0.25, -0.2) is 14.5 Å². The van der Waals surface area contributed by atoms with Gasteiger partial charge in [0.25, 0.3) is 5.91 Å². The monoisotopic (exact) mass is 529 g/mol. The van der Waals surface area contributed by atoms with Gasteiger partial charge in [-0.3, -0.25) is 9.69 Å². The molecule has 192 valence electrons. The number of aliphatic carboxylic acids is 1. The molecule has 12 heteroatoms. The maximum atomic E-state index is 13.0. The number of thiophene rings is 1. The molecule has 3 aromatic heterocycles. The number of carboxylic acids is 1. The molecule has 4 heterocycles. The topological polar surface area (TPSA) is 100 Å². The lowest BCUT2D eigenvalue weighted by atomic mass is 10.2. The minimum atomic E-state index is -5.08. The average molecular weight is 530 g/mol. The number of carbonyl (C=O) groups is 2. The summed E-state index contributed by atoms with van der Waals surface area (Å²) in [6, 6.07) is 16.1. The average Bonchev–Trinajstić information content (AvgIpc) is 3.50. The zero-order valence-electron chi connectivity index (χ0n) is 19.4. The van der Waals surface area contributed by atoms with Crippen molar-refractivity contribution < 1.29 is 27.9 Å². The van der Waals surface area contributed by atoms with Gasteiger partial charge in [-0.2, -0.15) is 29.6 Å². The number of alkyl halides is 3. The van der Waals surface area contributed by atoms with Gasteiger partial charge in [-0.05, 0) is 34.0 Å². The van der Waals surface area contributed by atoms with Crippen LogP contribution in [-0.4, -0.2) is 42.8 Å². The zero-order valence-corrected chi connectivity index (χ0v) is 20.2. The standard InChI is InChI=1S/C23H21N5OS.C2HF3O2/c29-23(25-11-17-5-2-1-3-6-17)20-12-26-28-21(20)15-27(13-18-8-10-30-16-18)14-19-7-4-9-24-22(19)28;3-2(4,5)1(6)7/h1-10,12,16H,11,13-15H2,(H,25,29);(H,6,7). The van der Waals surface area contributed by atoms with Gasteiger partial charge in [-0.1, -0.05) is 36.4 Å². The number of carbonyl (C=O) groups excluding carboxylic acids is 1. The highest BCUT2D eigenvalue weighted by atomic mass is 32.1. The molecule has 0 fully saturated rings. The summed E-state index contributed by atoms with van der Waals surface area (Å²) in [5.74, 6) is -2.08. The number of nitrogens with one attached hydrogen (secondary N) is 1. The lowest BCUT2D eigenvalue weighted by Gasteiger charge is -2.20. The highest BCUT2D eigenvalue weighted by molar-refractivity contribution is 7.07. The van der Waals surface area contributed by atoms with Gasteiger partial charge < -0.3 is 10.4 Å². The van der Waals surface area contributed by atoms with Crippen molar-refractivity contribution in [2.45, 2.75) is 32.4 Å². The molecular formula is C25H22F3N5O3S. The third-order valence-electron chi connectivity index (χ3n) is 5.47. The fraction of sp³-hybridized carbons (Fsp3) is 0.200. The second kappa shape index (κ2) is 11.4. The molecule has 1 aromatic carbocycles. The number of nitrogens with zero attached hydrogens (tertiary/aromatic N) is 4. The van der Waals surface area contributed by atoms with E-state index in [1.54, 1.807) is 23.7 Å². The number of fused-ring (bicyclic) bond motifs is 3. The van der Waals surface area contributed by atoms with Gasteiger partial charge in [0, 0.05) is 37.9 Å². The van der Waals surface area contributed by atoms with E-state index in [9.17, 15) is 18.0 Å². The number of amides is 1. The van der Waals surface area contributed by atoms with Gasteiger partial charge in [-0.15, -0.1) is 0 Å². The Hall–Kier alpha value is -4.03. The summed E-state index contributed by atoms with van der Waals surface area (Å²) in [5, 5.41) is 18.9. The molecule has 2 N–H and O–H groups in total. The van der Waals surface area contributed by atoms with E-state index in [1.165, 1.54) is 5.56 Å². The molecule has 1 amide bonds. The van der Waals surface area contributed by atoms with E-state index in [0.717, 1.165) is 35.7 Å². The highest BCUT2D eigenvalue weighted by Crippen LogP contribution is 2.26. The van der Waals surface area contributed by atoms with Crippen molar-refractivity contribution >= 4 is 23.2 Å². The smallest absolute Gasteiger partial charge is 0.475 e. The van der Waals surface area contributed by atoms with Crippen molar-refractivity contribution in [3.05, 3.63) is 99.6 Å². The van der Waals surface area contributed by atoms with Crippen LogP contribution in [0, 0.1) is 0 Å². The molecular weight excluding hydrogens is 507 g/mol. The van der Waals surface area contributed by atoms with Crippen molar-refractivity contribution in [2.24, 2.45) is 0 Å². The number of pyridine rings is 1. The molecule has 1 aliphatic heterocycles. The number of aromatic nitrogens is 3. The zero-order chi connectivity index (χ0) is 26.4. The van der Waals surface area contributed by atoms with Crippen LogP contribution >= 0.6 is 11.3 Å². The van der Waals surface area contributed by atoms with E-state index in [1.807, 2.05) is 41.1 Å². The first-order valence-electron chi connectivity index (χ1n) is 11.1. The van der Waals surface area contributed by atoms with Crippen LogP contribution in [0.5, 0.6) is 0 Å². The minimum absolute atomic E-state index is 0.116. The van der Waals surface area contributed by atoms with Crippen LogP contribution in [-0.2, 0) is 31.0 Å². The molecule has 0 aliphatic carbocycles. The Bertz CT molecular complexity index is 1360. The van der Waals surface area contributed by atoms with Gasteiger partial charge in [0.05, 0.1) is 17.5 Å². The number of rotatable bonds is 5. The van der Waals surface area contributed by atoms with Gasteiger partial charge in [0.15, 0.2) is 5.82 Å². The largest absolute Gasteiger partial charge is 0.490 e. The summed E-state index contributed by atoms with van der Waals surface area (Å²) in [6.07, 6.45) is -1.66. The number of halogens is 3.